The molecule has 35 heavy (non-hydrogen) atoms. The molecule has 1 heterocycles. The fourth-order valence-corrected chi connectivity index (χ4v) is 3.47. The van der Waals surface area contributed by atoms with Gasteiger partial charge in [-0.25, -0.2) is 9.37 Å². The summed E-state index contributed by atoms with van der Waals surface area (Å²) in [6.45, 7) is 1.97. The van der Waals surface area contributed by atoms with Crippen LogP contribution in [0.5, 0.6) is 11.5 Å². The van der Waals surface area contributed by atoms with Crippen LogP contribution < -0.4 is 15.8 Å². The van der Waals surface area contributed by atoms with Crippen LogP contribution in [0.1, 0.15) is 21.6 Å². The summed E-state index contributed by atoms with van der Waals surface area (Å²) in [5.41, 5.74) is 9.06. The van der Waals surface area contributed by atoms with Gasteiger partial charge in [0.2, 0.25) is 5.91 Å². The van der Waals surface area contributed by atoms with Crippen LogP contribution in [-0.2, 0) is 11.2 Å². The number of hydrogen-bond acceptors (Lipinski definition) is 4. The highest BCUT2D eigenvalue weighted by Gasteiger charge is 2.20. The van der Waals surface area contributed by atoms with Crippen molar-refractivity contribution in [2.24, 2.45) is 5.73 Å². The predicted molar refractivity (Wildman–Crippen MR) is 131 cm³/mol. The molecule has 0 unspecified atom stereocenters. The number of aryl methyl sites for hydroxylation is 1. The minimum atomic E-state index is -0.862. The molecule has 0 aliphatic heterocycles. The van der Waals surface area contributed by atoms with Gasteiger partial charge in [-0.15, -0.1) is 0 Å². The van der Waals surface area contributed by atoms with Crippen molar-refractivity contribution in [2.45, 2.75) is 19.4 Å². The predicted octanol–water partition coefficient (Wildman–Crippen LogP) is 4.81. The first kappa shape index (κ1) is 23.6. The first-order valence-corrected chi connectivity index (χ1v) is 11.0. The molecule has 0 saturated carbocycles. The zero-order valence-electron chi connectivity index (χ0n) is 19.1. The van der Waals surface area contributed by atoms with Gasteiger partial charge in [0.05, 0.1) is 5.69 Å². The third-order valence-electron chi connectivity index (χ3n) is 5.39. The van der Waals surface area contributed by atoms with Gasteiger partial charge in [-0.2, -0.15) is 0 Å². The van der Waals surface area contributed by atoms with Crippen LogP contribution in [0.25, 0.3) is 11.3 Å². The van der Waals surface area contributed by atoms with Gasteiger partial charge < -0.3 is 15.8 Å². The molecule has 0 saturated heterocycles. The highest BCUT2D eigenvalue weighted by Crippen LogP contribution is 2.25. The summed E-state index contributed by atoms with van der Waals surface area (Å²) in [6.07, 6.45) is 0.288. The van der Waals surface area contributed by atoms with Crippen LogP contribution in [0.15, 0.2) is 91.0 Å². The Morgan fingerprint density at radius 1 is 0.914 bits per heavy atom. The van der Waals surface area contributed by atoms with Crippen molar-refractivity contribution in [1.82, 2.24) is 10.3 Å². The van der Waals surface area contributed by atoms with E-state index in [4.69, 9.17) is 10.5 Å². The standard InChI is InChI=1S/C28H24FN3O3/c1-18-5-7-19(8-6-18)17-26(27(30)33)32-28(34)25-4-2-3-24(31-25)20-9-13-22(14-10-20)35-23-15-11-21(29)12-16-23/h2-16,26H,17H2,1H3,(H2,30,33)(H,32,34)/t26-/m0/s1. The third kappa shape index (κ3) is 6.29. The second-order valence-electron chi connectivity index (χ2n) is 8.11. The number of amides is 2. The summed E-state index contributed by atoms with van der Waals surface area (Å²) < 4.78 is 18.8. The summed E-state index contributed by atoms with van der Waals surface area (Å²) in [7, 11) is 0. The van der Waals surface area contributed by atoms with Crippen molar-refractivity contribution in [3.8, 4) is 22.8 Å². The molecule has 1 atom stereocenters. The van der Waals surface area contributed by atoms with Crippen molar-refractivity contribution in [1.29, 1.82) is 0 Å². The van der Waals surface area contributed by atoms with Gasteiger partial charge in [0.15, 0.2) is 0 Å². The molecule has 0 bridgehead atoms. The monoisotopic (exact) mass is 469 g/mol. The molecule has 0 aliphatic carbocycles. The van der Waals surface area contributed by atoms with Crippen molar-refractivity contribution < 1.29 is 18.7 Å². The Kier molecular flexibility index (Phi) is 7.16. The summed E-state index contributed by atoms with van der Waals surface area (Å²) >= 11 is 0. The number of benzene rings is 3. The van der Waals surface area contributed by atoms with E-state index in [2.05, 4.69) is 10.3 Å². The van der Waals surface area contributed by atoms with Gasteiger partial charge in [0.1, 0.15) is 29.1 Å². The first-order valence-electron chi connectivity index (χ1n) is 11.0. The van der Waals surface area contributed by atoms with Crippen molar-refractivity contribution in [3.63, 3.8) is 0 Å². The number of rotatable bonds is 8. The van der Waals surface area contributed by atoms with Crippen LogP contribution in [0, 0.1) is 12.7 Å². The molecule has 0 fully saturated rings. The van der Waals surface area contributed by atoms with Crippen LogP contribution in [0.3, 0.4) is 0 Å². The third-order valence-corrected chi connectivity index (χ3v) is 5.39. The number of carbonyl (C=O) groups excluding carboxylic acids is 2. The fraction of sp³-hybridized carbons (Fsp3) is 0.107. The number of hydrogen-bond donors (Lipinski definition) is 2. The molecule has 4 aromatic rings. The molecule has 0 aliphatic rings. The van der Waals surface area contributed by atoms with E-state index in [0.29, 0.717) is 17.2 Å². The van der Waals surface area contributed by atoms with E-state index in [0.717, 1.165) is 16.7 Å². The summed E-state index contributed by atoms with van der Waals surface area (Å²) in [6, 6.07) is 24.8. The number of primary amides is 1. The quantitative estimate of drug-likeness (QED) is 0.387. The molecule has 3 N–H and O–H groups in total. The Labute approximate surface area is 202 Å². The topological polar surface area (TPSA) is 94.3 Å². The van der Waals surface area contributed by atoms with E-state index < -0.39 is 17.9 Å². The molecule has 176 valence electrons. The molecule has 1 aromatic heterocycles. The summed E-state index contributed by atoms with van der Waals surface area (Å²) in [4.78, 5) is 29.3. The smallest absolute Gasteiger partial charge is 0.270 e. The van der Waals surface area contributed by atoms with E-state index in [1.165, 1.54) is 12.1 Å². The van der Waals surface area contributed by atoms with Gasteiger partial charge in [-0.1, -0.05) is 35.9 Å². The van der Waals surface area contributed by atoms with E-state index in [-0.39, 0.29) is 17.9 Å². The molecule has 6 nitrogen and oxygen atoms in total. The van der Waals surface area contributed by atoms with Gasteiger partial charge in [0.25, 0.3) is 5.91 Å². The lowest BCUT2D eigenvalue weighted by Gasteiger charge is -2.16. The molecule has 2 amide bonds. The minimum absolute atomic E-state index is 0.171. The Morgan fingerprint density at radius 3 is 2.17 bits per heavy atom. The molecule has 0 spiro atoms. The average Bonchev–Trinajstić information content (AvgIpc) is 2.87. The lowest BCUT2D eigenvalue weighted by atomic mass is 10.0. The number of halogens is 1. The van der Waals surface area contributed by atoms with Crippen LogP contribution in [0.4, 0.5) is 4.39 Å². The number of nitrogens with two attached hydrogens (primary N) is 1. The Hall–Kier alpha value is -4.52. The minimum Gasteiger partial charge on any atom is -0.457 e. The summed E-state index contributed by atoms with van der Waals surface area (Å²) in [5.74, 6) is -0.342. The van der Waals surface area contributed by atoms with Crippen molar-refractivity contribution >= 4 is 11.8 Å². The largest absolute Gasteiger partial charge is 0.457 e. The Balaban J connectivity index is 1.45. The highest BCUT2D eigenvalue weighted by molar-refractivity contribution is 5.96. The van der Waals surface area contributed by atoms with E-state index in [1.54, 1.807) is 42.5 Å². The molecule has 0 radical (unpaired) electrons. The number of pyridine rings is 1. The highest BCUT2D eigenvalue weighted by atomic mass is 19.1. The lowest BCUT2D eigenvalue weighted by Crippen LogP contribution is -2.46. The number of carbonyl (C=O) groups is 2. The normalized spacial score (nSPS) is 11.5. The molecule has 7 heteroatoms. The lowest BCUT2D eigenvalue weighted by molar-refractivity contribution is -0.119. The number of nitrogens with one attached hydrogen (secondary N) is 1. The van der Waals surface area contributed by atoms with E-state index >= 15 is 0 Å². The second kappa shape index (κ2) is 10.6. The SMILES string of the molecule is Cc1ccc(C[C@H](NC(=O)c2cccc(-c3ccc(Oc4ccc(F)cc4)cc3)n2)C(N)=O)cc1. The van der Waals surface area contributed by atoms with Crippen LogP contribution >= 0.6 is 0 Å². The Morgan fingerprint density at radius 2 is 1.54 bits per heavy atom. The van der Waals surface area contributed by atoms with Crippen LogP contribution in [0.2, 0.25) is 0 Å². The zero-order chi connectivity index (χ0) is 24.8. The van der Waals surface area contributed by atoms with Gasteiger partial charge >= 0.3 is 0 Å². The zero-order valence-corrected chi connectivity index (χ0v) is 19.1. The van der Waals surface area contributed by atoms with E-state index in [9.17, 15) is 14.0 Å². The maximum absolute atomic E-state index is 13.1. The van der Waals surface area contributed by atoms with Gasteiger partial charge in [0, 0.05) is 12.0 Å². The maximum atomic E-state index is 13.1. The first-order chi connectivity index (χ1) is 16.9. The molecule has 4 rings (SSSR count). The summed E-state index contributed by atoms with van der Waals surface area (Å²) in [5, 5.41) is 2.69. The van der Waals surface area contributed by atoms with Gasteiger partial charge in [-0.3, -0.25) is 9.59 Å². The Bertz CT molecular complexity index is 1320. The average molecular weight is 470 g/mol. The van der Waals surface area contributed by atoms with E-state index in [1.807, 2.05) is 43.3 Å². The van der Waals surface area contributed by atoms with Gasteiger partial charge in [-0.05, 0) is 73.2 Å². The van der Waals surface area contributed by atoms with Crippen LogP contribution in [-0.4, -0.2) is 22.8 Å². The maximum Gasteiger partial charge on any atom is 0.270 e. The molecular formula is C28H24FN3O3. The number of ether oxygens (including phenoxy) is 1. The molecular weight excluding hydrogens is 445 g/mol. The number of aromatic nitrogens is 1. The number of nitrogens with zero attached hydrogens (tertiary/aromatic N) is 1. The van der Waals surface area contributed by atoms with Crippen molar-refractivity contribution in [2.75, 3.05) is 0 Å². The fourth-order valence-electron chi connectivity index (χ4n) is 3.47. The molecule has 3 aromatic carbocycles. The van der Waals surface area contributed by atoms with Crippen molar-refractivity contribution in [3.05, 3.63) is 114 Å². The second-order valence-corrected chi connectivity index (χ2v) is 8.11.